The molecule has 0 saturated heterocycles. The third-order valence-electron chi connectivity index (χ3n) is 4.99. The van der Waals surface area contributed by atoms with Gasteiger partial charge in [-0.05, 0) is 37.5 Å². The Morgan fingerprint density at radius 3 is 2.04 bits per heavy atom. The summed E-state index contributed by atoms with van der Waals surface area (Å²) in [6, 6.07) is 4.78. The predicted octanol–water partition coefficient (Wildman–Crippen LogP) is 6.50. The molecular formula is C22H38O4S. The van der Waals surface area contributed by atoms with Crippen LogP contribution in [0.4, 0.5) is 0 Å². The van der Waals surface area contributed by atoms with Crippen LogP contribution in [0.5, 0.6) is 11.5 Å². The first-order valence-electron chi connectivity index (χ1n) is 10.6. The second-order valence-electron chi connectivity index (χ2n) is 7.58. The molecule has 0 aliphatic carbocycles. The molecule has 0 aromatic heterocycles. The van der Waals surface area contributed by atoms with Crippen molar-refractivity contribution in [1.29, 1.82) is 0 Å². The fraction of sp³-hybridized carbons (Fsp3) is 0.727. The van der Waals surface area contributed by atoms with Gasteiger partial charge in [0, 0.05) is 0 Å². The van der Waals surface area contributed by atoms with Crippen LogP contribution in [0.2, 0.25) is 0 Å². The lowest BCUT2D eigenvalue weighted by atomic mass is 10.0. The molecule has 0 heterocycles. The number of aryl methyl sites for hydroxylation is 1. The molecule has 0 radical (unpaired) electrons. The van der Waals surface area contributed by atoms with E-state index in [1.165, 1.54) is 38.2 Å². The van der Waals surface area contributed by atoms with E-state index in [1.54, 1.807) is 12.1 Å². The van der Waals surface area contributed by atoms with Crippen molar-refractivity contribution in [2.24, 2.45) is 0 Å². The monoisotopic (exact) mass is 398 g/mol. The van der Waals surface area contributed by atoms with Gasteiger partial charge in [-0.2, -0.15) is 8.42 Å². The molecule has 0 saturated carbocycles. The minimum absolute atomic E-state index is 0.0371. The van der Waals surface area contributed by atoms with Crippen LogP contribution in [-0.4, -0.2) is 18.8 Å². The summed E-state index contributed by atoms with van der Waals surface area (Å²) in [4.78, 5) is 0. The van der Waals surface area contributed by atoms with Gasteiger partial charge in [0.15, 0.2) is 11.5 Å². The van der Waals surface area contributed by atoms with E-state index in [2.05, 4.69) is 13.8 Å². The Morgan fingerprint density at radius 2 is 1.41 bits per heavy atom. The lowest BCUT2D eigenvalue weighted by molar-refractivity contribution is 0.414. The summed E-state index contributed by atoms with van der Waals surface area (Å²) < 4.78 is 31.0. The van der Waals surface area contributed by atoms with E-state index in [0.29, 0.717) is 12.8 Å². The van der Waals surface area contributed by atoms with Gasteiger partial charge in [0.2, 0.25) is 0 Å². The molecule has 0 aliphatic heterocycles. The molecule has 1 N–H and O–H groups in total. The molecule has 5 heteroatoms. The molecule has 0 aliphatic rings. The van der Waals surface area contributed by atoms with Gasteiger partial charge in [-0.25, -0.2) is 0 Å². The lowest BCUT2D eigenvalue weighted by Crippen LogP contribution is -2.26. The van der Waals surface area contributed by atoms with Crippen LogP contribution in [0.15, 0.2) is 18.2 Å². The summed E-state index contributed by atoms with van der Waals surface area (Å²) in [6.45, 7) is 6.16. The largest absolute Gasteiger partial charge is 0.504 e. The summed E-state index contributed by atoms with van der Waals surface area (Å²) in [7, 11) is -3.76. The van der Waals surface area contributed by atoms with Crippen molar-refractivity contribution in [3.63, 3.8) is 0 Å². The number of phenols is 1. The number of unbranched alkanes of at least 4 members (excludes halogenated alkanes) is 8. The molecule has 0 spiro atoms. The summed E-state index contributed by atoms with van der Waals surface area (Å²) in [5, 5.41) is 9.42. The van der Waals surface area contributed by atoms with Crippen LogP contribution in [0.1, 0.15) is 96.5 Å². The highest BCUT2D eigenvalue weighted by Gasteiger charge is 2.27. The van der Waals surface area contributed by atoms with E-state index in [0.717, 1.165) is 37.7 Å². The summed E-state index contributed by atoms with van der Waals surface area (Å²) in [5.41, 5.74) is 0.854. The van der Waals surface area contributed by atoms with Gasteiger partial charge in [-0.1, -0.05) is 84.1 Å². The number of rotatable bonds is 15. The molecule has 4 nitrogen and oxygen atoms in total. The Kier molecular flexibility index (Phi) is 11.5. The van der Waals surface area contributed by atoms with Crippen molar-refractivity contribution in [3.05, 3.63) is 23.8 Å². The van der Waals surface area contributed by atoms with E-state index in [9.17, 15) is 13.5 Å². The van der Waals surface area contributed by atoms with Crippen molar-refractivity contribution < 1.29 is 17.7 Å². The van der Waals surface area contributed by atoms with Crippen molar-refractivity contribution in [1.82, 2.24) is 0 Å². The number of aromatic hydroxyl groups is 1. The standard InChI is InChI=1S/C22H38O4S/c1-4-6-8-9-10-11-13-15-20(14-12-7-5-2)27(24,25)26-22-18-19(3)16-17-21(22)23/h16-18,20,23H,4-15H2,1-3H3. The first kappa shape index (κ1) is 23.8. The first-order valence-corrected chi connectivity index (χ1v) is 12.1. The number of benzene rings is 1. The quantitative estimate of drug-likeness (QED) is 0.270. The van der Waals surface area contributed by atoms with Crippen LogP contribution in [0, 0.1) is 6.92 Å². The highest BCUT2D eigenvalue weighted by Crippen LogP contribution is 2.30. The minimum Gasteiger partial charge on any atom is -0.504 e. The molecule has 1 unspecified atom stereocenters. The molecule has 156 valence electrons. The zero-order chi connectivity index (χ0) is 20.1. The Bertz CT molecular complexity index is 625. The van der Waals surface area contributed by atoms with Gasteiger partial charge in [-0.15, -0.1) is 0 Å². The van der Waals surface area contributed by atoms with Crippen molar-refractivity contribution in [2.45, 2.75) is 103 Å². The van der Waals surface area contributed by atoms with Crippen LogP contribution in [0.25, 0.3) is 0 Å². The van der Waals surface area contributed by atoms with Crippen molar-refractivity contribution in [2.75, 3.05) is 0 Å². The number of hydrogen-bond acceptors (Lipinski definition) is 4. The molecule has 1 aromatic rings. The van der Waals surface area contributed by atoms with Gasteiger partial charge in [0.05, 0.1) is 5.25 Å². The summed E-state index contributed by atoms with van der Waals surface area (Å²) >= 11 is 0. The normalized spacial score (nSPS) is 12.9. The van der Waals surface area contributed by atoms with E-state index in [1.807, 2.05) is 6.92 Å². The Morgan fingerprint density at radius 1 is 0.889 bits per heavy atom. The molecule has 0 bridgehead atoms. The van der Waals surface area contributed by atoms with Crippen LogP contribution >= 0.6 is 0 Å². The smallest absolute Gasteiger partial charge is 0.312 e. The van der Waals surface area contributed by atoms with Gasteiger partial charge >= 0.3 is 10.1 Å². The molecule has 0 fully saturated rings. The predicted molar refractivity (Wildman–Crippen MR) is 113 cm³/mol. The van der Waals surface area contributed by atoms with Crippen molar-refractivity contribution in [3.8, 4) is 11.5 Å². The van der Waals surface area contributed by atoms with Gasteiger partial charge in [-0.3, -0.25) is 0 Å². The number of phenolic OH excluding ortho intramolecular Hbond substituents is 1. The molecule has 1 atom stereocenters. The maximum Gasteiger partial charge on any atom is 0.312 e. The zero-order valence-corrected chi connectivity index (χ0v) is 18.2. The van der Waals surface area contributed by atoms with Gasteiger partial charge in [0.1, 0.15) is 0 Å². The second-order valence-corrected chi connectivity index (χ2v) is 9.39. The maximum atomic E-state index is 12.8. The topological polar surface area (TPSA) is 63.6 Å². The molecule has 0 amide bonds. The van der Waals surface area contributed by atoms with E-state index >= 15 is 0 Å². The Labute approximate surface area is 166 Å². The average Bonchev–Trinajstić information content (AvgIpc) is 2.62. The van der Waals surface area contributed by atoms with Gasteiger partial charge in [0.25, 0.3) is 0 Å². The molecule has 1 rings (SSSR count). The zero-order valence-electron chi connectivity index (χ0n) is 17.4. The molecular weight excluding hydrogens is 360 g/mol. The number of hydrogen-bond donors (Lipinski definition) is 1. The van der Waals surface area contributed by atoms with Crippen LogP contribution in [-0.2, 0) is 10.1 Å². The minimum atomic E-state index is -3.76. The molecule has 1 aromatic carbocycles. The SMILES string of the molecule is CCCCCCCCCC(CCCCC)S(=O)(=O)Oc1cc(C)ccc1O. The maximum absolute atomic E-state index is 12.8. The lowest BCUT2D eigenvalue weighted by Gasteiger charge is -2.18. The van der Waals surface area contributed by atoms with Crippen LogP contribution < -0.4 is 4.18 Å². The van der Waals surface area contributed by atoms with Crippen molar-refractivity contribution >= 4 is 10.1 Å². The molecule has 27 heavy (non-hydrogen) atoms. The van der Waals surface area contributed by atoms with E-state index < -0.39 is 15.4 Å². The van der Waals surface area contributed by atoms with Gasteiger partial charge < -0.3 is 9.29 Å². The fourth-order valence-electron chi connectivity index (χ4n) is 3.27. The first-order chi connectivity index (χ1) is 12.9. The highest BCUT2D eigenvalue weighted by molar-refractivity contribution is 7.87. The van der Waals surface area contributed by atoms with E-state index in [-0.39, 0.29) is 11.5 Å². The summed E-state index contributed by atoms with van der Waals surface area (Å²) in [6.07, 6.45) is 12.4. The summed E-state index contributed by atoms with van der Waals surface area (Å²) in [5.74, 6) is -0.0949. The third kappa shape index (κ3) is 9.50. The highest BCUT2D eigenvalue weighted by atomic mass is 32.2. The average molecular weight is 399 g/mol. The fourth-order valence-corrected chi connectivity index (χ4v) is 4.70. The Balaban J connectivity index is 2.65. The Hall–Kier alpha value is -1.23. The third-order valence-corrected chi connectivity index (χ3v) is 6.69. The van der Waals surface area contributed by atoms with Crippen LogP contribution in [0.3, 0.4) is 0 Å². The van der Waals surface area contributed by atoms with E-state index in [4.69, 9.17) is 4.18 Å². The second kappa shape index (κ2) is 13.0.